The molecule has 0 nitrogen and oxygen atoms in total. The van der Waals surface area contributed by atoms with E-state index in [1.165, 1.54) is 93.7 Å². The minimum Gasteiger partial charge on any atom is -0.184 e. The molecule has 0 aliphatic heterocycles. The van der Waals surface area contributed by atoms with Gasteiger partial charge in [-0.1, -0.05) is 63.8 Å². The van der Waals surface area contributed by atoms with E-state index >= 15 is 0 Å². The second-order valence-electron chi connectivity index (χ2n) is 12.8. The molecule has 40 heavy (non-hydrogen) atoms. The van der Waals surface area contributed by atoms with Crippen LogP contribution in [-0.2, 0) is 65.4 Å². The van der Waals surface area contributed by atoms with Crippen molar-refractivity contribution in [3.63, 3.8) is 0 Å². The van der Waals surface area contributed by atoms with Gasteiger partial charge in [-0.25, -0.2) is 0 Å². The molecule has 0 unspecified atom stereocenters. The molecule has 208 valence electrons. The number of rotatable bonds is 4. The van der Waals surface area contributed by atoms with Crippen LogP contribution < -0.4 is 0 Å². The molecule has 2 radical (unpaired) electrons. The van der Waals surface area contributed by atoms with Crippen LogP contribution in [0.25, 0.3) is 11.1 Å². The number of hydrogen-bond acceptors (Lipinski definition) is 0. The van der Waals surface area contributed by atoms with Gasteiger partial charge in [-0.3, -0.25) is 0 Å². The minimum absolute atomic E-state index is 0. The van der Waals surface area contributed by atoms with E-state index in [0.717, 1.165) is 35.5 Å². The Labute approximate surface area is 296 Å². The molecule has 6 rings (SSSR count). The quantitative estimate of drug-likeness (QED) is 0.240. The van der Waals surface area contributed by atoms with Gasteiger partial charge in [0.2, 0.25) is 0 Å². The van der Waals surface area contributed by atoms with E-state index in [2.05, 4.69) is 86.6 Å². The molecule has 0 heterocycles. The van der Waals surface area contributed by atoms with Crippen molar-refractivity contribution in [2.24, 2.45) is 23.7 Å². The molecule has 0 atom stereocenters. The zero-order valence-electron chi connectivity index (χ0n) is 25.0. The molecule has 0 aromatic heterocycles. The van der Waals surface area contributed by atoms with Crippen LogP contribution in [0.5, 0.6) is 0 Å². The van der Waals surface area contributed by atoms with Gasteiger partial charge in [-0.15, -0.1) is 5.56 Å². The van der Waals surface area contributed by atoms with E-state index in [1.807, 2.05) is 12.1 Å². The molecule has 0 spiro atoms. The summed E-state index contributed by atoms with van der Waals surface area (Å²) in [5, 5.41) is 0. The summed E-state index contributed by atoms with van der Waals surface area (Å²) >= 11 is 0. The standard InChI is InChI=1S/C19H27.C19H21.2Y/c2*1-15-7-9-17(10-8-15)19-13-11-18(12-14-19)16-5-3-2-4-6-16;;/h3-6,15,17-19H,7-14H2,1H3;3-6,11-15,17H,7-10H2,1H3;;/q2*-1;;. The molecule has 3 aliphatic rings. The van der Waals surface area contributed by atoms with Gasteiger partial charge >= 0.3 is 0 Å². The second kappa shape index (κ2) is 17.9. The summed E-state index contributed by atoms with van der Waals surface area (Å²) in [7, 11) is 0. The zero-order valence-corrected chi connectivity index (χ0v) is 30.7. The molecule has 0 amide bonds. The summed E-state index contributed by atoms with van der Waals surface area (Å²) in [6.45, 7) is 4.81. The molecular formula is C38H48Y2-2. The Kier molecular flexibility index (Phi) is 15.3. The maximum atomic E-state index is 3.14. The van der Waals surface area contributed by atoms with Crippen LogP contribution in [0.2, 0.25) is 0 Å². The first-order valence-corrected chi connectivity index (χ1v) is 15.7. The van der Waals surface area contributed by atoms with Crippen LogP contribution in [0.3, 0.4) is 0 Å². The monoisotopic (exact) mass is 682 g/mol. The van der Waals surface area contributed by atoms with Crippen LogP contribution in [0.1, 0.15) is 114 Å². The van der Waals surface area contributed by atoms with Crippen molar-refractivity contribution in [3.8, 4) is 11.1 Å². The van der Waals surface area contributed by atoms with Crippen molar-refractivity contribution < 1.29 is 65.4 Å². The van der Waals surface area contributed by atoms with Crippen molar-refractivity contribution in [2.45, 2.75) is 103 Å². The SMILES string of the molecule is CC1CCC(C2CCC(c3cc[c-]cc3)CC2)CC1.CC1CCC(c2ccc(-c3cc[c-]cc3)cc2)CC1.[Y].[Y]. The maximum Gasteiger partial charge on any atom is 0 e. The number of hydrogen-bond donors (Lipinski definition) is 0. The largest absolute Gasteiger partial charge is 0.184 e. The van der Waals surface area contributed by atoms with Crippen molar-refractivity contribution in [2.75, 3.05) is 0 Å². The molecule has 0 N–H and O–H groups in total. The zero-order chi connectivity index (χ0) is 26.2. The van der Waals surface area contributed by atoms with E-state index in [0.29, 0.717) is 0 Å². The Morgan fingerprint density at radius 3 is 1.27 bits per heavy atom. The van der Waals surface area contributed by atoms with Crippen molar-refractivity contribution in [1.82, 2.24) is 0 Å². The van der Waals surface area contributed by atoms with E-state index in [9.17, 15) is 0 Å². The topological polar surface area (TPSA) is 0 Å². The fourth-order valence-corrected chi connectivity index (χ4v) is 7.47. The molecule has 3 aromatic carbocycles. The summed E-state index contributed by atoms with van der Waals surface area (Å²) in [6.07, 6.45) is 17.3. The normalized spacial score (nSPS) is 28.1. The van der Waals surface area contributed by atoms with Crippen LogP contribution in [0, 0.1) is 35.8 Å². The minimum atomic E-state index is 0. The Morgan fingerprint density at radius 2 is 0.775 bits per heavy atom. The Morgan fingerprint density at radius 1 is 0.425 bits per heavy atom. The van der Waals surface area contributed by atoms with E-state index < -0.39 is 0 Å². The third-order valence-electron chi connectivity index (χ3n) is 10.2. The summed E-state index contributed by atoms with van der Waals surface area (Å²) in [5.74, 6) is 5.63. The second-order valence-corrected chi connectivity index (χ2v) is 12.8. The van der Waals surface area contributed by atoms with Crippen LogP contribution in [0.15, 0.2) is 72.8 Å². The first kappa shape index (κ1) is 34.4. The average Bonchev–Trinajstić information content (AvgIpc) is 2.99. The van der Waals surface area contributed by atoms with Gasteiger partial charge in [0.25, 0.3) is 0 Å². The van der Waals surface area contributed by atoms with E-state index in [-0.39, 0.29) is 65.4 Å². The predicted molar refractivity (Wildman–Crippen MR) is 162 cm³/mol. The van der Waals surface area contributed by atoms with E-state index in [1.54, 1.807) is 5.56 Å². The Bertz CT molecular complexity index is 1050. The Hall–Kier alpha value is -0.132. The molecule has 0 saturated heterocycles. The average molecular weight is 683 g/mol. The molecule has 3 aromatic rings. The Balaban J connectivity index is 0.000000210. The van der Waals surface area contributed by atoms with Crippen LogP contribution >= 0.6 is 0 Å². The molecule has 3 aliphatic carbocycles. The number of benzene rings is 3. The first-order valence-electron chi connectivity index (χ1n) is 15.7. The smallest absolute Gasteiger partial charge is 0 e. The third-order valence-corrected chi connectivity index (χ3v) is 10.2. The molecule has 3 saturated carbocycles. The van der Waals surface area contributed by atoms with Gasteiger partial charge in [-0.2, -0.15) is 66.2 Å². The third kappa shape index (κ3) is 9.97. The molecular weight excluding hydrogens is 634 g/mol. The first-order chi connectivity index (χ1) is 18.7. The van der Waals surface area contributed by atoms with Gasteiger partial charge in [0.15, 0.2) is 0 Å². The van der Waals surface area contributed by atoms with Gasteiger partial charge < -0.3 is 0 Å². The fraction of sp³-hybridized carbons (Fsp3) is 0.526. The van der Waals surface area contributed by atoms with Crippen LogP contribution in [0.4, 0.5) is 0 Å². The molecule has 3 fully saturated rings. The van der Waals surface area contributed by atoms with Crippen molar-refractivity contribution in [3.05, 3.63) is 96.1 Å². The fourth-order valence-electron chi connectivity index (χ4n) is 7.47. The van der Waals surface area contributed by atoms with Crippen molar-refractivity contribution in [1.29, 1.82) is 0 Å². The molecule has 2 heteroatoms. The van der Waals surface area contributed by atoms with Gasteiger partial charge in [-0.05, 0) is 98.0 Å². The molecule has 0 bridgehead atoms. The summed E-state index contributed by atoms with van der Waals surface area (Å²) in [5.41, 5.74) is 5.66. The van der Waals surface area contributed by atoms with Gasteiger partial charge in [0.1, 0.15) is 0 Å². The summed E-state index contributed by atoms with van der Waals surface area (Å²) < 4.78 is 0. The summed E-state index contributed by atoms with van der Waals surface area (Å²) in [4.78, 5) is 0. The van der Waals surface area contributed by atoms with Gasteiger partial charge in [0, 0.05) is 65.4 Å². The maximum absolute atomic E-state index is 3.14. The predicted octanol–water partition coefficient (Wildman–Crippen LogP) is 11.0. The van der Waals surface area contributed by atoms with E-state index in [4.69, 9.17) is 0 Å². The van der Waals surface area contributed by atoms with Gasteiger partial charge in [0.05, 0.1) is 0 Å². The van der Waals surface area contributed by atoms with Crippen molar-refractivity contribution >= 4 is 0 Å². The van der Waals surface area contributed by atoms with Crippen LogP contribution in [-0.4, -0.2) is 0 Å². The summed E-state index contributed by atoms with van der Waals surface area (Å²) in [6, 6.07) is 32.3.